The van der Waals surface area contributed by atoms with Crippen LogP contribution >= 0.6 is 0 Å². The van der Waals surface area contributed by atoms with Gasteiger partial charge in [0.05, 0.1) is 12.7 Å². The van der Waals surface area contributed by atoms with Gasteiger partial charge in [0.2, 0.25) is 5.95 Å². The van der Waals surface area contributed by atoms with Crippen LogP contribution in [0.1, 0.15) is 26.2 Å². The Morgan fingerprint density at radius 1 is 1.20 bits per heavy atom. The molecule has 158 valence electrons. The first kappa shape index (κ1) is 19.2. The van der Waals surface area contributed by atoms with Crippen molar-refractivity contribution in [2.24, 2.45) is 12.5 Å². The zero-order valence-electron chi connectivity index (χ0n) is 16.9. The van der Waals surface area contributed by atoms with Crippen LogP contribution in [-0.2, 0) is 11.8 Å². The number of halogens is 2. The van der Waals surface area contributed by atoms with E-state index in [9.17, 15) is 13.6 Å². The number of aromatic nitrogens is 4. The lowest BCUT2D eigenvalue weighted by molar-refractivity contribution is 0.0974. The maximum atomic E-state index is 13.7. The molecule has 4 heterocycles. The van der Waals surface area contributed by atoms with Crippen LogP contribution in [0.2, 0.25) is 0 Å². The zero-order valence-corrected chi connectivity index (χ0v) is 16.9. The first-order chi connectivity index (χ1) is 14.3. The lowest BCUT2D eigenvalue weighted by Gasteiger charge is -2.39. The summed E-state index contributed by atoms with van der Waals surface area (Å²) in [4.78, 5) is 19.9. The summed E-state index contributed by atoms with van der Waals surface area (Å²) in [5.74, 6) is -0.889. The highest BCUT2D eigenvalue weighted by Gasteiger charge is 2.41. The first-order valence-corrected chi connectivity index (χ1v) is 10.1. The van der Waals surface area contributed by atoms with Gasteiger partial charge in [-0.25, -0.2) is 8.78 Å². The number of nitrogens with zero attached hydrogens (tertiary/aromatic N) is 4. The molecular formula is C21H23F2N5O2. The summed E-state index contributed by atoms with van der Waals surface area (Å²) in [5, 5.41) is 7.11. The fourth-order valence-electron chi connectivity index (χ4n) is 4.81. The van der Waals surface area contributed by atoms with E-state index >= 15 is 0 Å². The van der Waals surface area contributed by atoms with Crippen LogP contribution in [-0.4, -0.2) is 45.5 Å². The maximum absolute atomic E-state index is 13.7. The van der Waals surface area contributed by atoms with E-state index in [1.807, 2.05) is 0 Å². The van der Waals surface area contributed by atoms with Gasteiger partial charge in [-0.3, -0.25) is 14.5 Å². The number of aromatic amines is 1. The van der Waals surface area contributed by atoms with Crippen molar-refractivity contribution in [3.05, 3.63) is 40.2 Å². The van der Waals surface area contributed by atoms with Crippen LogP contribution in [0.5, 0.6) is 0 Å². The Labute approximate surface area is 171 Å². The molecule has 2 aliphatic heterocycles. The van der Waals surface area contributed by atoms with E-state index in [2.05, 4.69) is 27.0 Å². The third-order valence-corrected chi connectivity index (χ3v) is 6.41. The van der Waals surface area contributed by atoms with Gasteiger partial charge in [0.15, 0.2) is 5.65 Å². The Kier molecular flexibility index (Phi) is 4.39. The molecule has 0 aliphatic carbocycles. The van der Waals surface area contributed by atoms with E-state index in [-0.39, 0.29) is 27.6 Å². The standard InChI is InChI=1S/C21H23F2N5O2/c1-12-10-21(11-30-12)3-5-28(6-4-21)20-24-18-16(19(29)27(20)2)17(25-26-18)13-7-14(22)9-15(23)8-13/h7-9,12H,3-6,10-11H2,1-2H3,(H,25,26)/t12-/m0/s1. The molecule has 0 radical (unpaired) electrons. The third-order valence-electron chi connectivity index (χ3n) is 6.41. The molecule has 2 aromatic heterocycles. The lowest BCUT2D eigenvalue weighted by Crippen LogP contribution is -2.43. The van der Waals surface area contributed by atoms with Crippen molar-refractivity contribution in [2.45, 2.75) is 32.3 Å². The molecule has 0 saturated carbocycles. The Bertz CT molecular complexity index is 1160. The van der Waals surface area contributed by atoms with E-state index in [1.165, 1.54) is 4.57 Å². The highest BCUT2D eigenvalue weighted by atomic mass is 19.1. The van der Waals surface area contributed by atoms with Gasteiger partial charge in [-0.05, 0) is 43.7 Å². The Balaban J connectivity index is 1.50. The second-order valence-electron chi connectivity index (χ2n) is 8.54. The number of benzene rings is 1. The van der Waals surface area contributed by atoms with E-state index in [0.29, 0.717) is 17.7 Å². The minimum Gasteiger partial charge on any atom is -0.378 e. The largest absolute Gasteiger partial charge is 0.378 e. The molecule has 1 spiro atoms. The topological polar surface area (TPSA) is 76.0 Å². The number of ether oxygens (including phenoxy) is 1. The summed E-state index contributed by atoms with van der Waals surface area (Å²) >= 11 is 0. The maximum Gasteiger partial charge on any atom is 0.266 e. The molecule has 0 bridgehead atoms. The predicted molar refractivity (Wildman–Crippen MR) is 108 cm³/mol. The van der Waals surface area contributed by atoms with E-state index < -0.39 is 11.6 Å². The number of nitrogens with one attached hydrogen (secondary N) is 1. The molecule has 9 heteroatoms. The van der Waals surface area contributed by atoms with Crippen molar-refractivity contribution in [1.29, 1.82) is 0 Å². The van der Waals surface area contributed by atoms with Crippen molar-refractivity contribution >= 4 is 17.0 Å². The van der Waals surface area contributed by atoms with Crippen molar-refractivity contribution in [3.63, 3.8) is 0 Å². The first-order valence-electron chi connectivity index (χ1n) is 10.1. The lowest BCUT2D eigenvalue weighted by atomic mass is 9.77. The summed E-state index contributed by atoms with van der Waals surface area (Å²) in [6.45, 7) is 4.48. The van der Waals surface area contributed by atoms with E-state index in [4.69, 9.17) is 4.74 Å². The molecule has 1 N–H and O–H groups in total. The van der Waals surface area contributed by atoms with Crippen LogP contribution < -0.4 is 10.5 Å². The molecule has 5 rings (SSSR count). The number of hydrogen-bond donors (Lipinski definition) is 1. The molecule has 0 unspecified atom stereocenters. The Morgan fingerprint density at radius 2 is 1.90 bits per heavy atom. The molecule has 1 aromatic carbocycles. The van der Waals surface area contributed by atoms with E-state index in [0.717, 1.165) is 57.2 Å². The second-order valence-corrected chi connectivity index (χ2v) is 8.54. The smallest absolute Gasteiger partial charge is 0.266 e. The number of hydrogen-bond acceptors (Lipinski definition) is 5. The minimum atomic E-state index is -0.727. The summed E-state index contributed by atoms with van der Waals surface area (Å²) in [7, 11) is 1.66. The highest BCUT2D eigenvalue weighted by molar-refractivity contribution is 5.90. The molecule has 7 nitrogen and oxygen atoms in total. The predicted octanol–water partition coefficient (Wildman–Crippen LogP) is 3.00. The molecule has 2 fully saturated rings. The van der Waals surface area contributed by atoms with Gasteiger partial charge >= 0.3 is 0 Å². The van der Waals surface area contributed by atoms with E-state index in [1.54, 1.807) is 7.05 Å². The highest BCUT2D eigenvalue weighted by Crippen LogP contribution is 2.42. The molecule has 1 atom stereocenters. The van der Waals surface area contributed by atoms with Crippen LogP contribution in [0, 0.1) is 17.0 Å². The third kappa shape index (κ3) is 3.08. The van der Waals surface area contributed by atoms with Gasteiger partial charge in [0, 0.05) is 31.8 Å². The fourth-order valence-corrected chi connectivity index (χ4v) is 4.81. The minimum absolute atomic E-state index is 0.192. The monoisotopic (exact) mass is 415 g/mol. The molecule has 2 saturated heterocycles. The SMILES string of the molecule is C[C@H]1CC2(CCN(c3nc4[nH]nc(-c5cc(F)cc(F)c5)c4c(=O)n3C)CC2)CO1. The van der Waals surface area contributed by atoms with Gasteiger partial charge < -0.3 is 9.64 Å². The van der Waals surface area contributed by atoms with Crippen molar-refractivity contribution in [3.8, 4) is 11.3 Å². The summed E-state index contributed by atoms with van der Waals surface area (Å²) < 4.78 is 34.6. The van der Waals surface area contributed by atoms with Crippen molar-refractivity contribution in [1.82, 2.24) is 19.7 Å². The average molecular weight is 415 g/mol. The molecular weight excluding hydrogens is 392 g/mol. The fraction of sp³-hybridized carbons (Fsp3) is 0.476. The van der Waals surface area contributed by atoms with Gasteiger partial charge in [0.25, 0.3) is 5.56 Å². The Morgan fingerprint density at radius 3 is 2.53 bits per heavy atom. The summed E-state index contributed by atoms with van der Waals surface area (Å²) in [6, 6.07) is 3.09. The van der Waals surface area contributed by atoms with Crippen molar-refractivity contribution in [2.75, 3.05) is 24.6 Å². The number of piperidine rings is 1. The summed E-state index contributed by atoms with van der Waals surface area (Å²) in [6.07, 6.45) is 3.34. The van der Waals surface area contributed by atoms with Crippen molar-refractivity contribution < 1.29 is 13.5 Å². The van der Waals surface area contributed by atoms with Gasteiger partial charge in [-0.1, -0.05) is 0 Å². The summed E-state index contributed by atoms with van der Waals surface area (Å²) in [5.41, 5.74) is 0.618. The molecule has 3 aromatic rings. The van der Waals surface area contributed by atoms with Crippen LogP contribution in [0.3, 0.4) is 0 Å². The molecule has 0 amide bonds. The quantitative estimate of drug-likeness (QED) is 0.696. The number of H-pyrrole nitrogens is 1. The number of anilines is 1. The van der Waals surface area contributed by atoms with Crippen LogP contribution in [0.25, 0.3) is 22.3 Å². The normalized spacial score (nSPS) is 21.1. The number of rotatable bonds is 2. The van der Waals surface area contributed by atoms with Crippen LogP contribution in [0.4, 0.5) is 14.7 Å². The molecule has 2 aliphatic rings. The Hall–Kier alpha value is -2.81. The number of fused-ring (bicyclic) bond motifs is 1. The molecule has 30 heavy (non-hydrogen) atoms. The average Bonchev–Trinajstić information content (AvgIpc) is 3.29. The van der Waals surface area contributed by atoms with Crippen LogP contribution in [0.15, 0.2) is 23.0 Å². The second kappa shape index (κ2) is 6.87. The van der Waals surface area contributed by atoms with Gasteiger partial charge in [-0.15, -0.1) is 0 Å². The zero-order chi connectivity index (χ0) is 21.0. The van der Waals surface area contributed by atoms with Gasteiger partial charge in [-0.2, -0.15) is 10.1 Å². The van der Waals surface area contributed by atoms with Gasteiger partial charge in [0.1, 0.15) is 22.7 Å².